The molecular formula is C13H20N2O3. The van der Waals surface area contributed by atoms with Crippen LogP contribution in [0.3, 0.4) is 0 Å². The van der Waals surface area contributed by atoms with Crippen LogP contribution >= 0.6 is 0 Å². The molecule has 5 nitrogen and oxygen atoms in total. The standard InChI is InChI=1S/C13H20N2O3/c1-9(17)10-6-11(14-7-10)12(18)15-8-13(2,3)4-5-16/h6-7,14,16H,4-5,8H2,1-3H3,(H,15,18). The van der Waals surface area contributed by atoms with Gasteiger partial charge in [-0.25, -0.2) is 0 Å². The van der Waals surface area contributed by atoms with Gasteiger partial charge in [-0.1, -0.05) is 13.8 Å². The van der Waals surface area contributed by atoms with Crippen LogP contribution in [0, 0.1) is 5.41 Å². The average molecular weight is 252 g/mol. The zero-order chi connectivity index (χ0) is 13.8. The van der Waals surface area contributed by atoms with Crippen molar-refractivity contribution in [3.05, 3.63) is 23.5 Å². The van der Waals surface area contributed by atoms with Crippen LogP contribution in [0.15, 0.2) is 12.3 Å². The molecule has 0 aromatic carbocycles. The first-order chi connectivity index (χ1) is 8.35. The van der Waals surface area contributed by atoms with Crippen molar-refractivity contribution in [2.45, 2.75) is 27.2 Å². The molecule has 1 aromatic rings. The summed E-state index contributed by atoms with van der Waals surface area (Å²) in [6.07, 6.45) is 2.15. The van der Waals surface area contributed by atoms with Crippen molar-refractivity contribution in [3.8, 4) is 0 Å². The lowest BCUT2D eigenvalue weighted by Crippen LogP contribution is -2.34. The van der Waals surface area contributed by atoms with Crippen molar-refractivity contribution in [2.75, 3.05) is 13.2 Å². The zero-order valence-corrected chi connectivity index (χ0v) is 11.0. The monoisotopic (exact) mass is 252 g/mol. The molecule has 0 saturated carbocycles. The number of aliphatic hydroxyl groups is 1. The second kappa shape index (κ2) is 5.82. The molecule has 1 aromatic heterocycles. The molecule has 100 valence electrons. The fraction of sp³-hybridized carbons (Fsp3) is 0.538. The average Bonchev–Trinajstić information content (AvgIpc) is 2.75. The topological polar surface area (TPSA) is 82.2 Å². The maximum atomic E-state index is 11.8. The van der Waals surface area contributed by atoms with E-state index in [2.05, 4.69) is 10.3 Å². The van der Waals surface area contributed by atoms with Crippen molar-refractivity contribution in [1.29, 1.82) is 0 Å². The van der Waals surface area contributed by atoms with Crippen LogP contribution in [-0.4, -0.2) is 34.9 Å². The van der Waals surface area contributed by atoms with Crippen molar-refractivity contribution in [1.82, 2.24) is 10.3 Å². The van der Waals surface area contributed by atoms with Gasteiger partial charge in [0.1, 0.15) is 5.69 Å². The van der Waals surface area contributed by atoms with Crippen LogP contribution < -0.4 is 5.32 Å². The summed E-state index contributed by atoms with van der Waals surface area (Å²) in [4.78, 5) is 25.7. The minimum absolute atomic E-state index is 0.0779. The van der Waals surface area contributed by atoms with E-state index >= 15 is 0 Å². The maximum absolute atomic E-state index is 11.8. The highest BCUT2D eigenvalue weighted by Gasteiger charge is 2.19. The van der Waals surface area contributed by atoms with Crippen LogP contribution in [0.2, 0.25) is 0 Å². The Labute approximate surface area is 107 Å². The van der Waals surface area contributed by atoms with Gasteiger partial charge >= 0.3 is 0 Å². The van der Waals surface area contributed by atoms with E-state index in [1.54, 1.807) is 0 Å². The summed E-state index contributed by atoms with van der Waals surface area (Å²) < 4.78 is 0. The lowest BCUT2D eigenvalue weighted by atomic mass is 9.90. The van der Waals surface area contributed by atoms with Crippen molar-refractivity contribution < 1.29 is 14.7 Å². The molecule has 0 saturated heterocycles. The van der Waals surface area contributed by atoms with E-state index in [0.29, 0.717) is 24.2 Å². The molecule has 0 unspecified atom stereocenters. The van der Waals surface area contributed by atoms with Crippen LogP contribution in [0.25, 0.3) is 0 Å². The molecule has 0 aliphatic carbocycles. The Morgan fingerprint density at radius 1 is 1.44 bits per heavy atom. The second-order valence-electron chi connectivity index (χ2n) is 5.18. The fourth-order valence-electron chi connectivity index (χ4n) is 1.53. The molecule has 0 atom stereocenters. The summed E-state index contributed by atoms with van der Waals surface area (Å²) in [6.45, 7) is 5.97. The van der Waals surface area contributed by atoms with Crippen molar-refractivity contribution in [3.63, 3.8) is 0 Å². The number of aromatic nitrogens is 1. The highest BCUT2D eigenvalue weighted by atomic mass is 16.3. The molecule has 1 rings (SSSR count). The lowest BCUT2D eigenvalue weighted by molar-refractivity contribution is 0.0923. The van der Waals surface area contributed by atoms with Gasteiger partial charge in [-0.3, -0.25) is 9.59 Å². The van der Waals surface area contributed by atoms with Gasteiger partial charge in [0, 0.05) is 24.9 Å². The third kappa shape index (κ3) is 4.00. The minimum atomic E-state index is -0.242. The van der Waals surface area contributed by atoms with Crippen molar-refractivity contribution in [2.24, 2.45) is 5.41 Å². The predicted molar refractivity (Wildman–Crippen MR) is 68.6 cm³/mol. The number of Topliss-reactive ketones (excluding diaryl/α,β-unsaturated/α-hetero) is 1. The van der Waals surface area contributed by atoms with Crippen molar-refractivity contribution >= 4 is 11.7 Å². The largest absolute Gasteiger partial charge is 0.396 e. The van der Waals surface area contributed by atoms with Crippen LogP contribution in [0.5, 0.6) is 0 Å². The Morgan fingerprint density at radius 2 is 2.11 bits per heavy atom. The van der Waals surface area contributed by atoms with Gasteiger partial charge in [0.25, 0.3) is 5.91 Å². The summed E-state index contributed by atoms with van der Waals surface area (Å²) in [5.74, 6) is -0.320. The number of aliphatic hydroxyl groups excluding tert-OH is 1. The summed E-state index contributed by atoms with van der Waals surface area (Å²) in [7, 11) is 0. The molecule has 3 N–H and O–H groups in total. The van der Waals surface area contributed by atoms with E-state index in [4.69, 9.17) is 5.11 Å². The molecule has 5 heteroatoms. The number of carbonyl (C=O) groups excluding carboxylic acids is 2. The number of carbonyl (C=O) groups is 2. The van der Waals surface area contributed by atoms with Gasteiger partial charge in [-0.2, -0.15) is 0 Å². The van der Waals surface area contributed by atoms with Crippen LogP contribution in [0.4, 0.5) is 0 Å². The van der Waals surface area contributed by atoms with E-state index < -0.39 is 0 Å². The Hall–Kier alpha value is -1.62. The number of nitrogens with one attached hydrogen (secondary N) is 2. The first-order valence-electron chi connectivity index (χ1n) is 5.94. The Bertz CT molecular complexity index is 435. The number of ketones is 1. The van der Waals surface area contributed by atoms with Gasteiger partial charge in [-0.15, -0.1) is 0 Å². The van der Waals surface area contributed by atoms with E-state index in [1.807, 2.05) is 13.8 Å². The first kappa shape index (κ1) is 14.4. The molecule has 18 heavy (non-hydrogen) atoms. The third-order valence-electron chi connectivity index (χ3n) is 2.85. The SMILES string of the molecule is CC(=O)c1c[nH]c(C(=O)NCC(C)(C)CCO)c1. The zero-order valence-electron chi connectivity index (χ0n) is 11.0. The first-order valence-corrected chi connectivity index (χ1v) is 5.94. The lowest BCUT2D eigenvalue weighted by Gasteiger charge is -2.23. The predicted octanol–water partition coefficient (Wildman–Crippen LogP) is 1.36. The van der Waals surface area contributed by atoms with Gasteiger partial charge < -0.3 is 15.4 Å². The number of rotatable bonds is 6. The fourth-order valence-corrected chi connectivity index (χ4v) is 1.53. The van der Waals surface area contributed by atoms with Gasteiger partial charge in [0.15, 0.2) is 5.78 Å². The molecule has 0 fully saturated rings. The third-order valence-corrected chi connectivity index (χ3v) is 2.85. The van der Waals surface area contributed by atoms with Gasteiger partial charge in [0.05, 0.1) is 0 Å². The highest BCUT2D eigenvalue weighted by Crippen LogP contribution is 2.18. The molecule has 1 amide bonds. The van der Waals surface area contributed by atoms with Crippen LogP contribution in [0.1, 0.15) is 48.0 Å². The summed E-state index contributed by atoms with van der Waals surface area (Å²) in [5.41, 5.74) is 0.718. The normalized spacial score (nSPS) is 11.3. The molecular weight excluding hydrogens is 232 g/mol. The number of aromatic amines is 1. The van der Waals surface area contributed by atoms with E-state index in [-0.39, 0.29) is 23.7 Å². The number of H-pyrrole nitrogens is 1. The van der Waals surface area contributed by atoms with Gasteiger partial charge in [0.2, 0.25) is 0 Å². The molecule has 1 heterocycles. The summed E-state index contributed by atoms with van der Waals surface area (Å²) >= 11 is 0. The summed E-state index contributed by atoms with van der Waals surface area (Å²) in [5, 5.41) is 11.7. The molecule has 0 spiro atoms. The number of hydrogen-bond donors (Lipinski definition) is 3. The maximum Gasteiger partial charge on any atom is 0.267 e. The Morgan fingerprint density at radius 3 is 2.61 bits per heavy atom. The molecule has 0 aliphatic heterocycles. The van der Waals surface area contributed by atoms with Crippen LogP contribution in [-0.2, 0) is 0 Å². The number of amides is 1. The minimum Gasteiger partial charge on any atom is -0.396 e. The molecule has 0 radical (unpaired) electrons. The smallest absolute Gasteiger partial charge is 0.267 e. The molecule has 0 aliphatic rings. The van der Waals surface area contributed by atoms with E-state index in [1.165, 1.54) is 19.2 Å². The van der Waals surface area contributed by atoms with E-state index in [0.717, 1.165) is 0 Å². The summed E-state index contributed by atoms with van der Waals surface area (Å²) in [6, 6.07) is 1.54. The second-order valence-corrected chi connectivity index (χ2v) is 5.18. The quantitative estimate of drug-likeness (QED) is 0.668. The van der Waals surface area contributed by atoms with E-state index in [9.17, 15) is 9.59 Å². The van der Waals surface area contributed by atoms with Gasteiger partial charge in [-0.05, 0) is 24.8 Å². The Kier molecular flexibility index (Phi) is 4.67. The molecule has 0 bridgehead atoms. The number of hydrogen-bond acceptors (Lipinski definition) is 3. The Balaban J connectivity index is 2.57. The highest BCUT2D eigenvalue weighted by molar-refractivity contribution is 5.99.